The standard InChI is InChI=1S/C54H104O6/c1-7-49(5)41-35-29-23-17-13-11-9-10-12-14-18-27-33-39-45-54(57)60-51(46-58-52(55)43-37-31-25-19-15-16-22-28-34-40-48(3)4)47-59-53(56)44-38-32-26-21-20-24-30-36-42-50(6)8-2/h48-51H,7-47H2,1-6H3/t49?,50?,51-/m1/s1. The van der Waals surface area contributed by atoms with Crippen molar-refractivity contribution < 1.29 is 28.6 Å². The topological polar surface area (TPSA) is 78.9 Å². The summed E-state index contributed by atoms with van der Waals surface area (Å²) in [4.78, 5) is 38.0. The van der Waals surface area contributed by atoms with Crippen LogP contribution in [-0.4, -0.2) is 37.2 Å². The van der Waals surface area contributed by atoms with Gasteiger partial charge in [0.25, 0.3) is 0 Å². The predicted molar refractivity (Wildman–Crippen MR) is 256 cm³/mol. The van der Waals surface area contributed by atoms with Crippen LogP contribution in [0, 0.1) is 17.8 Å². The van der Waals surface area contributed by atoms with Crippen LogP contribution in [0.1, 0.15) is 292 Å². The van der Waals surface area contributed by atoms with Gasteiger partial charge in [-0.3, -0.25) is 14.4 Å². The first kappa shape index (κ1) is 58.4. The van der Waals surface area contributed by atoms with Gasteiger partial charge in [-0.05, 0) is 37.0 Å². The van der Waals surface area contributed by atoms with Crippen LogP contribution in [0.15, 0.2) is 0 Å². The molecule has 0 heterocycles. The van der Waals surface area contributed by atoms with E-state index in [4.69, 9.17) is 14.2 Å². The molecule has 356 valence electrons. The SMILES string of the molecule is CCC(C)CCCCCCCCCCCCCCCCC(=O)O[C@H](COC(=O)CCCCCCCCCCCC(C)C)COC(=O)CCCCCCCCCCC(C)CC. The lowest BCUT2D eigenvalue weighted by atomic mass is 9.99. The molecule has 6 nitrogen and oxygen atoms in total. The fourth-order valence-electron chi connectivity index (χ4n) is 8.05. The number of hydrogen-bond donors (Lipinski definition) is 0. The van der Waals surface area contributed by atoms with Crippen molar-refractivity contribution in [1.82, 2.24) is 0 Å². The smallest absolute Gasteiger partial charge is 0.306 e. The molecule has 0 aromatic rings. The lowest BCUT2D eigenvalue weighted by molar-refractivity contribution is -0.167. The molecule has 0 aliphatic rings. The van der Waals surface area contributed by atoms with E-state index in [0.717, 1.165) is 75.5 Å². The molecule has 0 bridgehead atoms. The Balaban J connectivity index is 4.31. The minimum absolute atomic E-state index is 0.0651. The Kier molecular flexibility index (Phi) is 44.2. The molecule has 0 rings (SSSR count). The van der Waals surface area contributed by atoms with E-state index in [0.29, 0.717) is 19.3 Å². The Bertz CT molecular complexity index is 933. The number of rotatable bonds is 47. The number of carbonyl (C=O) groups is 3. The van der Waals surface area contributed by atoms with Crippen molar-refractivity contribution in [2.24, 2.45) is 17.8 Å². The molecule has 0 spiro atoms. The summed E-state index contributed by atoms with van der Waals surface area (Å²) in [6.45, 7) is 13.8. The highest BCUT2D eigenvalue weighted by atomic mass is 16.6. The third-order valence-corrected chi connectivity index (χ3v) is 12.9. The van der Waals surface area contributed by atoms with Crippen LogP contribution in [0.25, 0.3) is 0 Å². The van der Waals surface area contributed by atoms with Gasteiger partial charge in [-0.2, -0.15) is 0 Å². The average Bonchev–Trinajstić information content (AvgIpc) is 3.23. The molecule has 0 aliphatic heterocycles. The largest absolute Gasteiger partial charge is 0.462 e. The Labute approximate surface area is 374 Å². The maximum atomic E-state index is 12.8. The predicted octanol–water partition coefficient (Wildman–Crippen LogP) is 17.2. The second-order valence-electron chi connectivity index (χ2n) is 19.5. The lowest BCUT2D eigenvalue weighted by Gasteiger charge is -2.18. The van der Waals surface area contributed by atoms with E-state index in [9.17, 15) is 14.4 Å². The van der Waals surface area contributed by atoms with Crippen LogP contribution >= 0.6 is 0 Å². The summed E-state index contributed by atoms with van der Waals surface area (Å²) < 4.78 is 16.8. The van der Waals surface area contributed by atoms with Crippen LogP contribution in [0.5, 0.6) is 0 Å². The zero-order valence-electron chi connectivity index (χ0n) is 41.3. The average molecular weight is 849 g/mol. The second-order valence-corrected chi connectivity index (χ2v) is 19.5. The van der Waals surface area contributed by atoms with Crippen molar-refractivity contribution in [3.63, 3.8) is 0 Å². The highest BCUT2D eigenvalue weighted by molar-refractivity contribution is 5.71. The molecular formula is C54H104O6. The van der Waals surface area contributed by atoms with Gasteiger partial charge in [0.2, 0.25) is 0 Å². The van der Waals surface area contributed by atoms with Gasteiger partial charge >= 0.3 is 17.9 Å². The van der Waals surface area contributed by atoms with E-state index in [2.05, 4.69) is 41.5 Å². The zero-order valence-corrected chi connectivity index (χ0v) is 41.3. The van der Waals surface area contributed by atoms with Gasteiger partial charge in [-0.15, -0.1) is 0 Å². The normalized spacial score (nSPS) is 13.1. The maximum absolute atomic E-state index is 12.8. The molecule has 0 aliphatic carbocycles. The van der Waals surface area contributed by atoms with E-state index in [1.54, 1.807) is 0 Å². The van der Waals surface area contributed by atoms with Crippen LogP contribution < -0.4 is 0 Å². The van der Waals surface area contributed by atoms with E-state index in [-0.39, 0.29) is 31.1 Å². The van der Waals surface area contributed by atoms with E-state index >= 15 is 0 Å². The minimum Gasteiger partial charge on any atom is -0.462 e. The fraction of sp³-hybridized carbons (Fsp3) is 0.944. The van der Waals surface area contributed by atoms with Crippen molar-refractivity contribution in [3.05, 3.63) is 0 Å². The van der Waals surface area contributed by atoms with Crippen molar-refractivity contribution in [2.45, 2.75) is 298 Å². The molecule has 0 saturated heterocycles. The molecule has 0 radical (unpaired) electrons. The van der Waals surface area contributed by atoms with Gasteiger partial charge in [-0.25, -0.2) is 0 Å². The van der Waals surface area contributed by atoms with Gasteiger partial charge in [0, 0.05) is 19.3 Å². The fourth-order valence-corrected chi connectivity index (χ4v) is 8.05. The van der Waals surface area contributed by atoms with Crippen molar-refractivity contribution >= 4 is 17.9 Å². The first-order valence-corrected chi connectivity index (χ1v) is 26.7. The molecule has 60 heavy (non-hydrogen) atoms. The summed E-state index contributed by atoms with van der Waals surface area (Å²) in [5.74, 6) is 1.70. The molecule has 6 heteroatoms. The molecule has 2 unspecified atom stereocenters. The third-order valence-electron chi connectivity index (χ3n) is 12.9. The zero-order chi connectivity index (χ0) is 44.2. The van der Waals surface area contributed by atoms with Crippen LogP contribution in [0.2, 0.25) is 0 Å². The maximum Gasteiger partial charge on any atom is 0.306 e. The number of ether oxygens (including phenoxy) is 3. The van der Waals surface area contributed by atoms with Gasteiger partial charge in [0.15, 0.2) is 6.10 Å². The van der Waals surface area contributed by atoms with Crippen molar-refractivity contribution in [1.29, 1.82) is 0 Å². The quantitative estimate of drug-likeness (QED) is 0.0345. The summed E-state index contributed by atoms with van der Waals surface area (Å²) in [7, 11) is 0. The lowest BCUT2D eigenvalue weighted by Crippen LogP contribution is -2.30. The summed E-state index contributed by atoms with van der Waals surface area (Å²) in [5.41, 5.74) is 0. The van der Waals surface area contributed by atoms with Crippen LogP contribution in [-0.2, 0) is 28.6 Å². The molecule has 0 saturated carbocycles. The monoisotopic (exact) mass is 849 g/mol. The molecule has 0 fully saturated rings. The summed E-state index contributed by atoms with van der Waals surface area (Å²) >= 11 is 0. The Morgan fingerprint density at radius 2 is 0.583 bits per heavy atom. The summed E-state index contributed by atoms with van der Waals surface area (Å²) in [5, 5.41) is 0. The molecule has 0 N–H and O–H groups in total. The number of carbonyl (C=O) groups excluding carboxylic acids is 3. The number of hydrogen-bond acceptors (Lipinski definition) is 6. The molecule has 3 atom stereocenters. The minimum atomic E-state index is -0.763. The Morgan fingerprint density at radius 3 is 0.867 bits per heavy atom. The van der Waals surface area contributed by atoms with Gasteiger partial charge < -0.3 is 14.2 Å². The Morgan fingerprint density at radius 1 is 0.333 bits per heavy atom. The highest BCUT2D eigenvalue weighted by Crippen LogP contribution is 2.18. The van der Waals surface area contributed by atoms with Gasteiger partial charge in [0.1, 0.15) is 13.2 Å². The van der Waals surface area contributed by atoms with Gasteiger partial charge in [-0.1, -0.05) is 253 Å². The van der Waals surface area contributed by atoms with Crippen molar-refractivity contribution in [2.75, 3.05) is 13.2 Å². The number of unbranched alkanes of at least 4 members (excludes halogenated alkanes) is 28. The van der Waals surface area contributed by atoms with E-state index < -0.39 is 6.10 Å². The number of esters is 3. The summed E-state index contributed by atoms with van der Waals surface area (Å²) in [6, 6.07) is 0. The van der Waals surface area contributed by atoms with Gasteiger partial charge in [0.05, 0.1) is 0 Å². The molecule has 0 amide bonds. The molecular weight excluding hydrogens is 745 g/mol. The molecule has 0 aromatic heterocycles. The molecule has 0 aromatic carbocycles. The Hall–Kier alpha value is -1.59. The van der Waals surface area contributed by atoms with Crippen molar-refractivity contribution in [3.8, 4) is 0 Å². The van der Waals surface area contributed by atoms with E-state index in [1.807, 2.05) is 0 Å². The van der Waals surface area contributed by atoms with Crippen LogP contribution in [0.4, 0.5) is 0 Å². The first-order valence-electron chi connectivity index (χ1n) is 26.7. The first-order chi connectivity index (χ1) is 29.2. The van der Waals surface area contributed by atoms with E-state index in [1.165, 1.54) is 173 Å². The highest BCUT2D eigenvalue weighted by Gasteiger charge is 2.19. The van der Waals surface area contributed by atoms with Crippen LogP contribution in [0.3, 0.4) is 0 Å². The third kappa shape index (κ3) is 44.5. The summed E-state index contributed by atoms with van der Waals surface area (Å²) in [6.07, 6.45) is 45.1. The second kappa shape index (κ2) is 45.4.